The molecular weight excluding hydrogens is 332 g/mol. The lowest BCUT2D eigenvalue weighted by Crippen LogP contribution is -2.07. The van der Waals surface area contributed by atoms with Crippen molar-refractivity contribution in [2.24, 2.45) is 11.8 Å². The molecule has 0 bridgehead atoms. The van der Waals surface area contributed by atoms with Gasteiger partial charge < -0.3 is 15.8 Å². The molecule has 0 unspecified atom stereocenters. The van der Waals surface area contributed by atoms with Gasteiger partial charge in [-0.25, -0.2) is 0 Å². The lowest BCUT2D eigenvalue weighted by Gasteiger charge is -2.08. The summed E-state index contributed by atoms with van der Waals surface area (Å²) in [5.74, 6) is 0.904. The molecule has 0 saturated carbocycles. The van der Waals surface area contributed by atoms with Gasteiger partial charge >= 0.3 is 0 Å². The standard InChI is InChI=1S/C12H19N.C8H11N.C4H8O/c1-4-11-5-7-12(8-6-11)13-9-10(2)3;1-2-7-3-5-8(9)6-4-7;1-4(2)3-5/h5-8,10,13H,4,9H2,1-3H3;3-6H,2,9H2,1H3;3-4H,1-2H3. The van der Waals surface area contributed by atoms with E-state index in [0.717, 1.165) is 31.4 Å². The van der Waals surface area contributed by atoms with E-state index < -0.39 is 0 Å². The highest BCUT2D eigenvalue weighted by Gasteiger charge is 1.94. The molecule has 3 N–H and O–H groups in total. The van der Waals surface area contributed by atoms with Gasteiger partial charge in [0, 0.05) is 23.8 Å². The van der Waals surface area contributed by atoms with Crippen molar-refractivity contribution in [1.82, 2.24) is 0 Å². The van der Waals surface area contributed by atoms with E-state index in [1.165, 1.54) is 16.8 Å². The van der Waals surface area contributed by atoms with Crippen molar-refractivity contribution >= 4 is 17.7 Å². The van der Waals surface area contributed by atoms with Gasteiger partial charge in [0.05, 0.1) is 0 Å². The Morgan fingerprint density at radius 3 is 1.59 bits per heavy atom. The SMILES string of the molecule is CC(C)C=O.CCc1ccc(N)cc1.CCc1ccc(NCC(C)C)cc1. The monoisotopic (exact) mass is 370 g/mol. The Balaban J connectivity index is 0.000000419. The predicted octanol–water partition coefficient (Wildman–Crippen LogP) is 5.99. The van der Waals surface area contributed by atoms with Crippen molar-refractivity contribution in [3.05, 3.63) is 59.7 Å². The van der Waals surface area contributed by atoms with E-state index in [-0.39, 0.29) is 5.92 Å². The second-order valence-electron chi connectivity index (χ2n) is 7.30. The highest BCUT2D eigenvalue weighted by molar-refractivity contribution is 5.51. The molecule has 0 fully saturated rings. The van der Waals surface area contributed by atoms with Gasteiger partial charge in [0.15, 0.2) is 0 Å². The van der Waals surface area contributed by atoms with Gasteiger partial charge in [0.25, 0.3) is 0 Å². The fourth-order valence-electron chi connectivity index (χ4n) is 1.93. The van der Waals surface area contributed by atoms with Crippen molar-refractivity contribution in [3.8, 4) is 0 Å². The summed E-state index contributed by atoms with van der Waals surface area (Å²) in [5, 5.41) is 3.40. The van der Waals surface area contributed by atoms with Crippen molar-refractivity contribution < 1.29 is 4.79 Å². The van der Waals surface area contributed by atoms with Crippen LogP contribution in [0.5, 0.6) is 0 Å². The minimum atomic E-state index is 0.204. The first-order valence-corrected chi connectivity index (χ1v) is 9.94. The molecule has 0 saturated heterocycles. The van der Waals surface area contributed by atoms with Crippen LogP contribution in [-0.4, -0.2) is 12.8 Å². The summed E-state index contributed by atoms with van der Waals surface area (Å²) in [5.41, 5.74) is 10.3. The normalized spacial score (nSPS) is 9.78. The highest BCUT2D eigenvalue weighted by atomic mass is 16.1. The summed E-state index contributed by atoms with van der Waals surface area (Å²) in [4.78, 5) is 9.50. The molecule has 0 amide bonds. The molecule has 0 aliphatic heterocycles. The van der Waals surface area contributed by atoms with Crippen LogP contribution in [0.4, 0.5) is 11.4 Å². The number of nitrogen functional groups attached to an aromatic ring is 1. The van der Waals surface area contributed by atoms with E-state index >= 15 is 0 Å². The maximum absolute atomic E-state index is 9.50. The first kappa shape index (κ1) is 24.7. The average molecular weight is 371 g/mol. The molecule has 3 nitrogen and oxygen atoms in total. The Hall–Kier alpha value is -2.29. The van der Waals surface area contributed by atoms with Gasteiger partial charge in [-0.1, -0.05) is 65.8 Å². The molecule has 2 aromatic carbocycles. The van der Waals surface area contributed by atoms with Crippen molar-refractivity contribution in [3.63, 3.8) is 0 Å². The van der Waals surface area contributed by atoms with Crippen LogP contribution in [0.3, 0.4) is 0 Å². The number of nitrogens with two attached hydrogens (primary N) is 1. The molecule has 0 atom stereocenters. The third kappa shape index (κ3) is 13.6. The molecule has 0 heterocycles. The number of anilines is 2. The molecule has 0 radical (unpaired) electrons. The van der Waals surface area contributed by atoms with Gasteiger partial charge in [-0.15, -0.1) is 0 Å². The molecule has 0 aliphatic rings. The van der Waals surface area contributed by atoms with Crippen LogP contribution < -0.4 is 11.1 Å². The highest BCUT2D eigenvalue weighted by Crippen LogP contribution is 2.10. The Morgan fingerprint density at radius 2 is 1.26 bits per heavy atom. The second kappa shape index (κ2) is 14.8. The molecule has 2 aromatic rings. The number of carbonyl (C=O) groups excluding carboxylic acids is 1. The molecule has 2 rings (SSSR count). The van der Waals surface area contributed by atoms with Crippen LogP contribution in [0, 0.1) is 11.8 Å². The summed E-state index contributed by atoms with van der Waals surface area (Å²) >= 11 is 0. The van der Waals surface area contributed by atoms with Crippen LogP contribution in [0.1, 0.15) is 52.7 Å². The Morgan fingerprint density at radius 1 is 0.852 bits per heavy atom. The minimum absolute atomic E-state index is 0.204. The van der Waals surface area contributed by atoms with Gasteiger partial charge in [-0.3, -0.25) is 0 Å². The Kier molecular flexibility index (Phi) is 13.6. The number of rotatable bonds is 6. The number of hydrogen-bond acceptors (Lipinski definition) is 3. The molecule has 3 heteroatoms. The fourth-order valence-corrected chi connectivity index (χ4v) is 1.93. The number of aryl methyl sites for hydroxylation is 2. The molecule has 0 aliphatic carbocycles. The van der Waals surface area contributed by atoms with Gasteiger partial charge in [0.2, 0.25) is 0 Å². The summed E-state index contributed by atoms with van der Waals surface area (Å²) in [7, 11) is 0. The molecule has 150 valence electrons. The van der Waals surface area contributed by atoms with E-state index in [0.29, 0.717) is 5.92 Å². The minimum Gasteiger partial charge on any atom is -0.399 e. The lowest BCUT2D eigenvalue weighted by atomic mass is 10.1. The zero-order valence-corrected chi connectivity index (χ0v) is 18.0. The number of nitrogens with one attached hydrogen (secondary N) is 1. The largest absolute Gasteiger partial charge is 0.399 e. The van der Waals surface area contributed by atoms with Gasteiger partial charge in [-0.2, -0.15) is 0 Å². The lowest BCUT2D eigenvalue weighted by molar-refractivity contribution is -0.110. The van der Waals surface area contributed by atoms with E-state index in [2.05, 4.69) is 69.4 Å². The molecule has 0 aromatic heterocycles. The quantitative estimate of drug-likeness (QED) is 0.485. The van der Waals surface area contributed by atoms with Crippen LogP contribution in [0.2, 0.25) is 0 Å². The van der Waals surface area contributed by atoms with Crippen molar-refractivity contribution in [2.45, 2.75) is 54.4 Å². The average Bonchev–Trinajstić information content (AvgIpc) is 2.68. The van der Waals surface area contributed by atoms with Crippen molar-refractivity contribution in [2.75, 3.05) is 17.6 Å². The topological polar surface area (TPSA) is 55.1 Å². The summed E-state index contributed by atoms with van der Waals surface area (Å²) in [6.45, 7) is 13.5. The summed E-state index contributed by atoms with van der Waals surface area (Å²) in [6, 6.07) is 16.6. The van der Waals surface area contributed by atoms with Gasteiger partial charge in [0.1, 0.15) is 6.29 Å². The van der Waals surface area contributed by atoms with E-state index in [1.807, 2.05) is 26.0 Å². The van der Waals surface area contributed by atoms with Crippen LogP contribution in [0.25, 0.3) is 0 Å². The molecular formula is C24H38N2O. The van der Waals surface area contributed by atoms with Crippen molar-refractivity contribution in [1.29, 1.82) is 0 Å². The third-order valence-electron chi connectivity index (χ3n) is 3.74. The van der Waals surface area contributed by atoms with E-state index in [1.54, 1.807) is 0 Å². The van der Waals surface area contributed by atoms with Gasteiger partial charge in [-0.05, 0) is 54.2 Å². The zero-order chi connectivity index (χ0) is 20.7. The molecule has 27 heavy (non-hydrogen) atoms. The predicted molar refractivity (Wildman–Crippen MR) is 120 cm³/mol. The van der Waals surface area contributed by atoms with E-state index in [4.69, 9.17) is 5.73 Å². The smallest absolute Gasteiger partial charge is 0.122 e. The summed E-state index contributed by atoms with van der Waals surface area (Å²) < 4.78 is 0. The maximum atomic E-state index is 9.50. The zero-order valence-electron chi connectivity index (χ0n) is 18.0. The van der Waals surface area contributed by atoms with E-state index in [9.17, 15) is 4.79 Å². The maximum Gasteiger partial charge on any atom is 0.122 e. The number of hydrogen-bond donors (Lipinski definition) is 2. The Bertz CT molecular complexity index is 601. The fraction of sp³-hybridized carbons (Fsp3) is 0.458. The van der Waals surface area contributed by atoms with Crippen LogP contribution >= 0.6 is 0 Å². The Labute approximate surface area is 166 Å². The molecule has 0 spiro atoms. The second-order valence-corrected chi connectivity index (χ2v) is 7.30. The third-order valence-corrected chi connectivity index (χ3v) is 3.74. The first-order chi connectivity index (χ1) is 12.8. The van der Waals surface area contributed by atoms with Crippen LogP contribution in [0.15, 0.2) is 48.5 Å². The van der Waals surface area contributed by atoms with Crippen LogP contribution in [-0.2, 0) is 17.6 Å². The number of carbonyl (C=O) groups is 1. The summed E-state index contributed by atoms with van der Waals surface area (Å²) in [6.07, 6.45) is 3.12. The number of aldehydes is 1. The number of benzene rings is 2. The first-order valence-electron chi connectivity index (χ1n) is 9.94.